The Morgan fingerprint density at radius 3 is 2.22 bits per heavy atom. The molecule has 3 fully saturated rings. The number of carbonyl (C=O) groups excluding carboxylic acids is 3. The molecule has 1 aliphatic carbocycles. The van der Waals surface area contributed by atoms with Gasteiger partial charge in [-0.1, -0.05) is 30.3 Å². The van der Waals surface area contributed by atoms with Gasteiger partial charge in [0.1, 0.15) is 6.04 Å². The number of fused-ring (bicyclic) bond motifs is 2. The number of hydrogen-bond acceptors (Lipinski definition) is 8. The number of aryl methyl sites for hydroxylation is 1. The summed E-state index contributed by atoms with van der Waals surface area (Å²) in [5.41, 5.74) is 5.82. The number of anilines is 1. The molecule has 1 saturated carbocycles. The van der Waals surface area contributed by atoms with Crippen molar-refractivity contribution in [3.8, 4) is 22.5 Å². The maximum atomic E-state index is 13.8. The molecule has 0 spiro atoms. The van der Waals surface area contributed by atoms with Gasteiger partial charge in [-0.05, 0) is 135 Å². The highest BCUT2D eigenvalue weighted by Gasteiger charge is 2.39. The standard InChI is InChI=1S/C41H49N9O5/c1-24-19-30(39(52)44-32-21-33-16-17-34(22-32)50(33)2)13-18-35(24)27-7-3-25(4-8-27)20-36(45-38(51)29-9-5-26(6-10-29)23-42-41(54)55)40(53)43-31-14-11-28(12-15-31)37-46-48-49-47-37/h3-4,7-8,11-15,18-19,26,29,32-34,36,42H,5-6,9-10,16-17,20-23H2,1-2H3,(H,43,53)(H,44,52)(H,45,51)(H,54,55)(H,46,47,48,49)/t26?,29?,32?,33?,34?,36-/m0/s1. The lowest BCUT2D eigenvalue weighted by molar-refractivity contribution is -0.130. The number of tetrazole rings is 1. The molecule has 3 atom stereocenters. The van der Waals surface area contributed by atoms with Gasteiger partial charge in [0.15, 0.2) is 0 Å². The predicted molar refractivity (Wildman–Crippen MR) is 207 cm³/mol. The first-order chi connectivity index (χ1) is 26.6. The first-order valence-corrected chi connectivity index (χ1v) is 19.2. The van der Waals surface area contributed by atoms with E-state index in [0.717, 1.165) is 53.5 Å². The molecule has 2 saturated heterocycles. The van der Waals surface area contributed by atoms with Gasteiger partial charge in [-0.2, -0.15) is 5.21 Å². The molecule has 6 N–H and O–H groups in total. The zero-order valence-corrected chi connectivity index (χ0v) is 31.3. The smallest absolute Gasteiger partial charge is 0.404 e. The molecule has 1 aromatic heterocycles. The molecule has 2 unspecified atom stereocenters. The summed E-state index contributed by atoms with van der Waals surface area (Å²) in [6, 6.07) is 21.3. The summed E-state index contributed by atoms with van der Waals surface area (Å²) in [5, 5.41) is 34.7. The van der Waals surface area contributed by atoms with Crippen molar-refractivity contribution in [2.45, 2.75) is 88.9 Å². The van der Waals surface area contributed by atoms with Crippen LogP contribution in [0.1, 0.15) is 72.9 Å². The molecule has 4 aromatic rings. The SMILES string of the molecule is Cc1cc(C(=O)NC2CC3CCC(C2)N3C)ccc1-c1ccc(C[C@H](NC(=O)C2CCC(CNC(=O)O)CC2)C(=O)Nc2ccc(-c3nn[nH]n3)cc2)cc1. The molecule has 14 nitrogen and oxygen atoms in total. The van der Waals surface area contributed by atoms with E-state index in [4.69, 9.17) is 5.11 Å². The van der Waals surface area contributed by atoms with E-state index in [9.17, 15) is 19.2 Å². The third-order valence-electron chi connectivity index (χ3n) is 11.8. The van der Waals surface area contributed by atoms with Crippen LogP contribution in [0.4, 0.5) is 10.5 Å². The summed E-state index contributed by atoms with van der Waals surface area (Å²) in [4.78, 5) is 54.0. The molecule has 0 radical (unpaired) electrons. The number of benzene rings is 3. The second kappa shape index (κ2) is 16.8. The Bertz CT molecular complexity index is 1960. The van der Waals surface area contributed by atoms with Crippen molar-refractivity contribution in [1.29, 1.82) is 0 Å². The van der Waals surface area contributed by atoms with Crippen LogP contribution in [0, 0.1) is 18.8 Å². The summed E-state index contributed by atoms with van der Waals surface area (Å²) >= 11 is 0. The van der Waals surface area contributed by atoms with Gasteiger partial charge in [-0.15, -0.1) is 10.2 Å². The maximum absolute atomic E-state index is 13.8. The molecule has 4 amide bonds. The lowest BCUT2D eigenvalue weighted by Gasteiger charge is -2.36. The molecular weight excluding hydrogens is 699 g/mol. The average molecular weight is 748 g/mol. The fourth-order valence-corrected chi connectivity index (χ4v) is 8.56. The third-order valence-corrected chi connectivity index (χ3v) is 11.8. The van der Waals surface area contributed by atoms with E-state index in [1.807, 2.05) is 49.4 Å². The maximum Gasteiger partial charge on any atom is 0.404 e. The number of amides is 4. The van der Waals surface area contributed by atoms with Crippen molar-refractivity contribution in [1.82, 2.24) is 41.5 Å². The quantitative estimate of drug-likeness (QED) is 0.116. The molecule has 14 heteroatoms. The van der Waals surface area contributed by atoms with Gasteiger partial charge in [-0.25, -0.2) is 4.79 Å². The number of carboxylic acid groups (broad SMARTS) is 1. The number of H-pyrrole nitrogens is 1. The number of hydrogen-bond donors (Lipinski definition) is 6. The van der Waals surface area contributed by atoms with Crippen LogP contribution in [0.25, 0.3) is 22.5 Å². The number of nitrogens with one attached hydrogen (secondary N) is 5. The highest BCUT2D eigenvalue weighted by molar-refractivity contribution is 5.98. The molecule has 3 aromatic carbocycles. The highest BCUT2D eigenvalue weighted by atomic mass is 16.4. The number of aromatic nitrogens is 4. The molecule has 2 aliphatic heterocycles. The van der Waals surface area contributed by atoms with Crippen LogP contribution in [0.2, 0.25) is 0 Å². The fourth-order valence-electron chi connectivity index (χ4n) is 8.56. The first kappa shape index (κ1) is 37.7. The molecule has 7 rings (SSSR count). The van der Waals surface area contributed by atoms with Gasteiger partial charge in [-0.3, -0.25) is 14.4 Å². The van der Waals surface area contributed by atoms with Crippen LogP contribution < -0.4 is 21.3 Å². The fraction of sp³-hybridized carbons (Fsp3) is 0.439. The molecule has 55 heavy (non-hydrogen) atoms. The van der Waals surface area contributed by atoms with Crippen LogP contribution in [0.3, 0.4) is 0 Å². The van der Waals surface area contributed by atoms with Gasteiger partial charge < -0.3 is 31.3 Å². The average Bonchev–Trinajstić information content (AvgIpc) is 3.79. The Kier molecular flexibility index (Phi) is 11.5. The monoisotopic (exact) mass is 747 g/mol. The zero-order chi connectivity index (χ0) is 38.5. The largest absolute Gasteiger partial charge is 0.465 e. The van der Waals surface area contributed by atoms with E-state index in [2.05, 4.69) is 53.8 Å². The Labute approximate surface area is 320 Å². The van der Waals surface area contributed by atoms with E-state index in [1.54, 1.807) is 24.3 Å². The van der Waals surface area contributed by atoms with Crippen LogP contribution >= 0.6 is 0 Å². The normalized spacial score (nSPS) is 22.7. The number of piperidine rings is 1. The summed E-state index contributed by atoms with van der Waals surface area (Å²) in [5.74, 6) is -0.203. The first-order valence-electron chi connectivity index (χ1n) is 19.2. The molecular formula is C41H49N9O5. The van der Waals surface area contributed by atoms with Crippen molar-refractivity contribution in [3.63, 3.8) is 0 Å². The summed E-state index contributed by atoms with van der Waals surface area (Å²) in [6.45, 7) is 2.38. The van der Waals surface area contributed by atoms with E-state index in [-0.39, 0.29) is 42.0 Å². The van der Waals surface area contributed by atoms with E-state index < -0.39 is 12.1 Å². The third kappa shape index (κ3) is 9.19. The van der Waals surface area contributed by atoms with Crippen molar-refractivity contribution < 1.29 is 24.3 Å². The number of carbonyl (C=O) groups is 4. The van der Waals surface area contributed by atoms with Crippen molar-refractivity contribution in [3.05, 3.63) is 83.4 Å². The molecule has 288 valence electrons. The predicted octanol–water partition coefficient (Wildman–Crippen LogP) is 4.94. The second-order valence-electron chi connectivity index (χ2n) is 15.4. The molecule has 2 bridgehead atoms. The van der Waals surface area contributed by atoms with Crippen molar-refractivity contribution in [2.24, 2.45) is 11.8 Å². The summed E-state index contributed by atoms with van der Waals surface area (Å²) in [7, 11) is 2.20. The topological polar surface area (TPSA) is 194 Å². The van der Waals surface area contributed by atoms with Gasteiger partial charge in [0.2, 0.25) is 17.6 Å². The Morgan fingerprint density at radius 1 is 0.891 bits per heavy atom. The molecule has 3 aliphatic rings. The second-order valence-corrected chi connectivity index (χ2v) is 15.4. The van der Waals surface area contributed by atoms with Gasteiger partial charge in [0.25, 0.3) is 5.91 Å². The lowest BCUT2D eigenvalue weighted by atomic mass is 9.81. The Morgan fingerprint density at radius 2 is 1.58 bits per heavy atom. The lowest BCUT2D eigenvalue weighted by Crippen LogP contribution is -2.48. The van der Waals surface area contributed by atoms with Gasteiger partial charge >= 0.3 is 6.09 Å². The van der Waals surface area contributed by atoms with Crippen molar-refractivity contribution in [2.75, 3.05) is 18.9 Å². The van der Waals surface area contributed by atoms with Crippen LogP contribution in [-0.4, -0.2) is 92.2 Å². The minimum atomic E-state index is -1.05. The zero-order valence-electron chi connectivity index (χ0n) is 31.3. The highest BCUT2D eigenvalue weighted by Crippen LogP contribution is 2.34. The van der Waals surface area contributed by atoms with E-state index in [1.165, 1.54) is 12.8 Å². The number of rotatable bonds is 12. The van der Waals surface area contributed by atoms with Gasteiger partial charge in [0, 0.05) is 53.8 Å². The summed E-state index contributed by atoms with van der Waals surface area (Å²) < 4.78 is 0. The minimum absolute atomic E-state index is 0.0310. The number of nitrogens with zero attached hydrogens (tertiary/aromatic N) is 4. The molecule has 3 heterocycles. The number of aromatic amines is 1. The van der Waals surface area contributed by atoms with Crippen molar-refractivity contribution >= 4 is 29.5 Å². The van der Waals surface area contributed by atoms with Crippen LogP contribution in [-0.2, 0) is 16.0 Å². The van der Waals surface area contributed by atoms with E-state index >= 15 is 0 Å². The van der Waals surface area contributed by atoms with Crippen LogP contribution in [0.5, 0.6) is 0 Å². The Balaban J connectivity index is 1.01. The van der Waals surface area contributed by atoms with E-state index in [0.29, 0.717) is 48.5 Å². The van der Waals surface area contributed by atoms with Gasteiger partial charge in [0.05, 0.1) is 0 Å². The summed E-state index contributed by atoms with van der Waals surface area (Å²) in [6.07, 6.45) is 6.34. The van der Waals surface area contributed by atoms with Crippen LogP contribution in [0.15, 0.2) is 66.7 Å². The minimum Gasteiger partial charge on any atom is -0.465 e. The Hall–Kier alpha value is -5.63.